The summed E-state index contributed by atoms with van der Waals surface area (Å²) in [6.45, 7) is 1.53. The van der Waals surface area contributed by atoms with Gasteiger partial charge in [-0.25, -0.2) is 0 Å². The van der Waals surface area contributed by atoms with Crippen LogP contribution in [-0.2, 0) is 14.4 Å². The van der Waals surface area contributed by atoms with E-state index in [9.17, 15) is 50.0 Å². The van der Waals surface area contributed by atoms with Crippen molar-refractivity contribution in [1.82, 2.24) is 4.90 Å². The minimum absolute atomic E-state index is 0.178. The zero-order valence-corrected chi connectivity index (χ0v) is 18.8. The number of ketones is 2. The SMILES string of the molecule is C[C@H]1c2ccc([N+](=O)[O-])c(O)c2C(O)=C2C(=O)[C@]3(O)C(O)=C(C(N)=O)C(=O)[C@@H](N(C)C)C3[C@@H](O)C21. The van der Waals surface area contributed by atoms with Crippen LogP contribution in [0.1, 0.15) is 24.0 Å². The second-order valence-electron chi connectivity index (χ2n) is 9.20. The first-order valence-electron chi connectivity index (χ1n) is 10.5. The van der Waals surface area contributed by atoms with Crippen molar-refractivity contribution >= 4 is 28.9 Å². The molecule has 1 saturated carbocycles. The third kappa shape index (κ3) is 2.89. The predicted octanol–water partition coefficient (Wildman–Crippen LogP) is -0.596. The average Bonchev–Trinajstić information content (AvgIpc) is 2.75. The first-order valence-corrected chi connectivity index (χ1v) is 10.5. The van der Waals surface area contributed by atoms with Gasteiger partial charge in [0.15, 0.2) is 11.4 Å². The minimum Gasteiger partial charge on any atom is -0.508 e. The molecule has 6 atom stereocenters. The molecule has 0 bridgehead atoms. The molecule has 0 aromatic heterocycles. The van der Waals surface area contributed by atoms with Crippen LogP contribution in [0.4, 0.5) is 5.69 Å². The Labute approximate surface area is 197 Å². The van der Waals surface area contributed by atoms with E-state index in [-0.39, 0.29) is 5.56 Å². The summed E-state index contributed by atoms with van der Waals surface area (Å²) in [7, 11) is 2.81. The molecule has 3 aliphatic carbocycles. The van der Waals surface area contributed by atoms with E-state index in [1.54, 1.807) is 0 Å². The van der Waals surface area contributed by atoms with Gasteiger partial charge in [-0.2, -0.15) is 0 Å². The highest BCUT2D eigenvalue weighted by molar-refractivity contribution is 6.24. The van der Waals surface area contributed by atoms with E-state index >= 15 is 0 Å². The maximum Gasteiger partial charge on any atom is 0.311 e. The van der Waals surface area contributed by atoms with Gasteiger partial charge in [-0.3, -0.25) is 29.4 Å². The van der Waals surface area contributed by atoms with E-state index in [2.05, 4.69) is 0 Å². The zero-order valence-electron chi connectivity index (χ0n) is 18.8. The highest BCUT2D eigenvalue weighted by Gasteiger charge is 2.68. The lowest BCUT2D eigenvalue weighted by Gasteiger charge is -2.53. The third-order valence-electron chi connectivity index (χ3n) is 7.30. The Morgan fingerprint density at radius 2 is 1.80 bits per heavy atom. The van der Waals surface area contributed by atoms with Crippen LogP contribution in [0.5, 0.6) is 5.75 Å². The van der Waals surface area contributed by atoms with Crippen molar-refractivity contribution in [3.63, 3.8) is 0 Å². The number of hydrogen-bond donors (Lipinski definition) is 6. The van der Waals surface area contributed by atoms with Crippen molar-refractivity contribution < 1.29 is 44.8 Å². The molecular weight excluding hydrogens is 466 g/mol. The number of nitro benzene ring substituents is 1. The molecule has 3 aliphatic rings. The molecule has 1 amide bonds. The summed E-state index contributed by atoms with van der Waals surface area (Å²) < 4.78 is 0. The minimum atomic E-state index is -3.04. The summed E-state index contributed by atoms with van der Waals surface area (Å²) in [6, 6.07) is 0.817. The number of hydrogen-bond acceptors (Lipinski definition) is 11. The Morgan fingerprint density at radius 3 is 2.31 bits per heavy atom. The molecule has 0 heterocycles. The smallest absolute Gasteiger partial charge is 0.311 e. The van der Waals surface area contributed by atoms with Crippen LogP contribution >= 0.6 is 0 Å². The number of aliphatic hydroxyl groups excluding tert-OH is 3. The summed E-state index contributed by atoms with van der Waals surface area (Å²) in [4.78, 5) is 50.4. The van der Waals surface area contributed by atoms with E-state index in [1.165, 1.54) is 32.0 Å². The Hall–Kier alpha value is -3.81. The standard InChI is InChI=1S/C22H23N3O10/c1-6-7-4-5-8(25(34)35)15(26)10(7)16(27)11-9(6)17(28)13-14(24(2)3)18(29)12(21(23)32)20(31)22(13,33)19(11)30/h4-6,9,13-14,17,26-28,31,33H,1-3H3,(H2,23,32)/t6-,9?,13?,14-,17-,22-/m0/s1. The molecule has 13 heteroatoms. The Kier molecular flexibility index (Phi) is 5.28. The van der Waals surface area contributed by atoms with E-state index in [0.717, 1.165) is 6.07 Å². The maximum atomic E-state index is 13.7. The number of primary amides is 1. The van der Waals surface area contributed by atoms with Gasteiger partial charge in [-0.05, 0) is 25.6 Å². The highest BCUT2D eigenvalue weighted by Crippen LogP contribution is 2.56. The molecule has 1 aromatic rings. The molecule has 0 aliphatic heterocycles. The van der Waals surface area contributed by atoms with Crippen LogP contribution in [0.2, 0.25) is 0 Å². The highest BCUT2D eigenvalue weighted by atomic mass is 16.6. The quantitative estimate of drug-likeness (QED) is 0.179. The van der Waals surface area contributed by atoms with Crippen LogP contribution < -0.4 is 5.73 Å². The molecule has 4 rings (SSSR count). The van der Waals surface area contributed by atoms with Crippen molar-refractivity contribution in [2.24, 2.45) is 17.6 Å². The number of Topliss-reactive ketones (excluding diaryl/α,β-unsaturated/α-hetero) is 2. The topological polar surface area (TPSA) is 225 Å². The lowest BCUT2D eigenvalue weighted by molar-refractivity contribution is -0.385. The molecule has 13 nitrogen and oxygen atoms in total. The molecule has 1 aromatic carbocycles. The number of benzene rings is 1. The first kappa shape index (κ1) is 24.3. The summed E-state index contributed by atoms with van der Waals surface area (Å²) in [5.74, 6) is -10.7. The number of rotatable bonds is 3. The van der Waals surface area contributed by atoms with E-state index in [1.807, 2.05) is 0 Å². The number of fused-ring (bicyclic) bond motifs is 3. The number of nitro groups is 1. The van der Waals surface area contributed by atoms with Crippen LogP contribution in [0.3, 0.4) is 0 Å². The number of phenolic OH excluding ortho intramolecular Hbond substituents is 1. The van der Waals surface area contributed by atoms with Gasteiger partial charge in [0.1, 0.15) is 17.1 Å². The van der Waals surface area contributed by atoms with Gasteiger partial charge >= 0.3 is 5.69 Å². The van der Waals surface area contributed by atoms with Crippen LogP contribution in [0, 0.1) is 22.0 Å². The molecular formula is C22H23N3O10. The van der Waals surface area contributed by atoms with Crippen molar-refractivity contribution in [3.8, 4) is 5.75 Å². The van der Waals surface area contributed by atoms with Crippen molar-refractivity contribution in [2.75, 3.05) is 14.1 Å². The summed E-state index contributed by atoms with van der Waals surface area (Å²) >= 11 is 0. The van der Waals surface area contributed by atoms with Gasteiger partial charge in [0, 0.05) is 17.6 Å². The fourth-order valence-corrected chi connectivity index (χ4v) is 5.75. The number of nitrogens with two attached hydrogens (primary N) is 1. The Bertz CT molecular complexity index is 1280. The monoisotopic (exact) mass is 489 g/mol. The normalized spacial score (nSPS) is 32.3. The van der Waals surface area contributed by atoms with E-state index in [4.69, 9.17) is 5.73 Å². The number of likely N-dealkylation sites (N-methyl/N-ethyl adjacent to an activating group) is 1. The molecule has 35 heavy (non-hydrogen) atoms. The fourth-order valence-electron chi connectivity index (χ4n) is 5.75. The molecule has 0 radical (unpaired) electrons. The number of carbonyl (C=O) groups is 3. The second kappa shape index (κ2) is 7.60. The lowest BCUT2D eigenvalue weighted by Crippen LogP contribution is -2.70. The molecule has 2 unspecified atom stereocenters. The largest absolute Gasteiger partial charge is 0.508 e. The van der Waals surface area contributed by atoms with E-state index in [0.29, 0.717) is 0 Å². The third-order valence-corrected chi connectivity index (χ3v) is 7.30. The van der Waals surface area contributed by atoms with Crippen LogP contribution in [0.15, 0.2) is 29.0 Å². The Morgan fingerprint density at radius 1 is 1.20 bits per heavy atom. The van der Waals surface area contributed by atoms with Crippen molar-refractivity contribution in [1.29, 1.82) is 0 Å². The molecule has 1 fully saturated rings. The summed E-state index contributed by atoms with van der Waals surface area (Å²) in [5.41, 5.74) is -0.450. The summed E-state index contributed by atoms with van der Waals surface area (Å²) in [5, 5.41) is 66.6. The summed E-state index contributed by atoms with van der Waals surface area (Å²) in [6.07, 6.45) is -1.73. The van der Waals surface area contributed by atoms with Crippen LogP contribution in [-0.4, -0.2) is 84.7 Å². The average molecular weight is 489 g/mol. The van der Waals surface area contributed by atoms with E-state index < -0.39 is 97.6 Å². The van der Waals surface area contributed by atoms with Gasteiger partial charge in [-0.1, -0.05) is 13.0 Å². The number of phenols is 1. The number of carbonyl (C=O) groups excluding carboxylic acids is 3. The number of aliphatic hydroxyl groups is 4. The van der Waals surface area contributed by atoms with Gasteiger partial charge in [0.2, 0.25) is 11.5 Å². The predicted molar refractivity (Wildman–Crippen MR) is 117 cm³/mol. The maximum absolute atomic E-state index is 13.7. The molecule has 7 N–H and O–H groups in total. The number of nitrogens with zero attached hydrogens (tertiary/aromatic N) is 2. The van der Waals surface area contributed by atoms with Crippen molar-refractivity contribution in [3.05, 3.63) is 50.3 Å². The molecule has 0 saturated heterocycles. The first-order chi connectivity index (χ1) is 16.2. The zero-order chi connectivity index (χ0) is 26.3. The van der Waals surface area contributed by atoms with Gasteiger partial charge in [0.05, 0.1) is 28.6 Å². The van der Waals surface area contributed by atoms with Gasteiger partial charge in [0.25, 0.3) is 5.91 Å². The van der Waals surface area contributed by atoms with Gasteiger partial charge in [-0.15, -0.1) is 0 Å². The number of aromatic hydroxyl groups is 1. The van der Waals surface area contributed by atoms with Crippen LogP contribution in [0.25, 0.3) is 5.76 Å². The second-order valence-corrected chi connectivity index (χ2v) is 9.20. The lowest BCUT2D eigenvalue weighted by atomic mass is 9.54. The Balaban J connectivity index is 2.07. The van der Waals surface area contributed by atoms with Gasteiger partial charge < -0.3 is 31.3 Å². The molecule has 186 valence electrons. The number of amides is 1. The fraction of sp³-hybridized carbons (Fsp3) is 0.409. The van der Waals surface area contributed by atoms with Crippen molar-refractivity contribution in [2.45, 2.75) is 30.6 Å². The molecule has 0 spiro atoms.